The normalized spacial score (nSPS) is 11.0. The largest absolute Gasteiger partial charge is 0.493 e. The molecule has 3 aromatic rings. The van der Waals surface area contributed by atoms with Gasteiger partial charge in [-0.25, -0.2) is 4.98 Å². The summed E-state index contributed by atoms with van der Waals surface area (Å²) in [6.07, 6.45) is 0.0244. The van der Waals surface area contributed by atoms with Gasteiger partial charge in [0.05, 0.1) is 24.2 Å². The number of para-hydroxylation sites is 2. The number of carbonyl (C=O) groups is 1. The SMILES string of the molecule is COc1cc(-c2nc3ccccc3n2CC(=O)O)ccc1OC(C)C. The molecule has 0 aliphatic rings. The van der Waals surface area contributed by atoms with Crippen molar-refractivity contribution in [3.05, 3.63) is 42.5 Å². The van der Waals surface area contributed by atoms with E-state index in [2.05, 4.69) is 4.98 Å². The molecule has 1 N–H and O–H groups in total. The topological polar surface area (TPSA) is 73.6 Å². The van der Waals surface area contributed by atoms with E-state index in [9.17, 15) is 9.90 Å². The molecule has 1 heterocycles. The van der Waals surface area contributed by atoms with Gasteiger partial charge in [0.15, 0.2) is 11.5 Å². The number of hydrogen-bond acceptors (Lipinski definition) is 4. The molecular formula is C19H20N2O4. The minimum atomic E-state index is -0.920. The standard InChI is InChI=1S/C19H20N2O4/c1-12(2)25-16-9-8-13(10-17(16)24-3)19-20-14-6-4-5-7-15(14)21(19)11-18(22)23/h4-10,12H,11H2,1-3H3,(H,22,23). The Morgan fingerprint density at radius 2 is 1.96 bits per heavy atom. The molecule has 0 unspecified atom stereocenters. The lowest BCUT2D eigenvalue weighted by Crippen LogP contribution is -2.10. The van der Waals surface area contributed by atoms with Crippen LogP contribution in [0.2, 0.25) is 0 Å². The monoisotopic (exact) mass is 340 g/mol. The molecule has 0 saturated carbocycles. The Morgan fingerprint density at radius 3 is 2.64 bits per heavy atom. The summed E-state index contributed by atoms with van der Waals surface area (Å²) in [7, 11) is 1.58. The van der Waals surface area contributed by atoms with Gasteiger partial charge in [-0.1, -0.05) is 12.1 Å². The molecule has 0 radical (unpaired) electrons. The molecule has 0 amide bonds. The minimum Gasteiger partial charge on any atom is -0.493 e. The van der Waals surface area contributed by atoms with Crippen LogP contribution in [0.25, 0.3) is 22.4 Å². The van der Waals surface area contributed by atoms with Crippen molar-refractivity contribution in [3.63, 3.8) is 0 Å². The van der Waals surface area contributed by atoms with Crippen LogP contribution in [0.15, 0.2) is 42.5 Å². The molecule has 0 aliphatic carbocycles. The van der Waals surface area contributed by atoms with Gasteiger partial charge in [0.2, 0.25) is 0 Å². The Morgan fingerprint density at radius 1 is 1.20 bits per heavy atom. The number of carboxylic acids is 1. The van der Waals surface area contributed by atoms with Gasteiger partial charge in [-0.2, -0.15) is 0 Å². The Labute approximate surface area is 145 Å². The van der Waals surface area contributed by atoms with E-state index in [1.807, 2.05) is 56.3 Å². The number of ether oxygens (including phenoxy) is 2. The molecule has 0 aliphatic heterocycles. The Hall–Kier alpha value is -3.02. The number of benzene rings is 2. The van der Waals surface area contributed by atoms with E-state index in [0.717, 1.165) is 16.6 Å². The van der Waals surface area contributed by atoms with Gasteiger partial charge in [0.1, 0.15) is 12.4 Å². The third-order valence-electron chi connectivity index (χ3n) is 3.73. The first-order valence-electron chi connectivity index (χ1n) is 8.01. The third-order valence-corrected chi connectivity index (χ3v) is 3.73. The predicted molar refractivity (Wildman–Crippen MR) is 95.1 cm³/mol. The minimum absolute atomic E-state index is 0.0244. The summed E-state index contributed by atoms with van der Waals surface area (Å²) in [5.41, 5.74) is 2.30. The Bertz CT molecular complexity index is 915. The number of aromatic nitrogens is 2. The summed E-state index contributed by atoms with van der Waals surface area (Å²) in [6.45, 7) is 3.72. The van der Waals surface area contributed by atoms with E-state index in [1.54, 1.807) is 11.7 Å². The molecule has 1 aromatic heterocycles. The van der Waals surface area contributed by atoms with Crippen molar-refractivity contribution in [1.82, 2.24) is 9.55 Å². The van der Waals surface area contributed by atoms with Crippen molar-refractivity contribution in [2.24, 2.45) is 0 Å². The number of methoxy groups -OCH3 is 1. The summed E-state index contributed by atoms with van der Waals surface area (Å²) in [5, 5.41) is 9.27. The first-order chi connectivity index (χ1) is 12.0. The van der Waals surface area contributed by atoms with Gasteiger partial charge in [-0.05, 0) is 44.2 Å². The first-order valence-corrected chi connectivity index (χ1v) is 8.01. The molecule has 0 saturated heterocycles. The number of fused-ring (bicyclic) bond motifs is 1. The van der Waals surface area contributed by atoms with Gasteiger partial charge in [0, 0.05) is 5.56 Å². The van der Waals surface area contributed by atoms with Gasteiger partial charge >= 0.3 is 5.97 Å². The van der Waals surface area contributed by atoms with Crippen molar-refractivity contribution in [3.8, 4) is 22.9 Å². The number of rotatable bonds is 6. The molecule has 3 rings (SSSR count). The lowest BCUT2D eigenvalue weighted by Gasteiger charge is -2.15. The van der Waals surface area contributed by atoms with Gasteiger partial charge in [-0.15, -0.1) is 0 Å². The van der Waals surface area contributed by atoms with Gasteiger partial charge in [0.25, 0.3) is 0 Å². The van der Waals surface area contributed by atoms with E-state index < -0.39 is 5.97 Å². The fraction of sp³-hybridized carbons (Fsp3) is 0.263. The fourth-order valence-electron chi connectivity index (χ4n) is 2.75. The molecular weight excluding hydrogens is 320 g/mol. The molecule has 130 valence electrons. The van der Waals surface area contributed by atoms with Crippen molar-refractivity contribution >= 4 is 17.0 Å². The number of imidazole rings is 1. The molecule has 25 heavy (non-hydrogen) atoms. The Balaban J connectivity index is 2.14. The van der Waals surface area contributed by atoms with E-state index in [1.165, 1.54) is 0 Å². The van der Waals surface area contributed by atoms with E-state index >= 15 is 0 Å². The number of hydrogen-bond donors (Lipinski definition) is 1. The van der Waals surface area contributed by atoms with Crippen molar-refractivity contribution in [2.45, 2.75) is 26.5 Å². The maximum Gasteiger partial charge on any atom is 0.323 e. The third kappa shape index (κ3) is 3.42. The highest BCUT2D eigenvalue weighted by molar-refractivity contribution is 5.83. The molecule has 0 spiro atoms. The average molecular weight is 340 g/mol. The first kappa shape index (κ1) is 16.8. The maximum absolute atomic E-state index is 11.3. The predicted octanol–water partition coefficient (Wildman–Crippen LogP) is 3.58. The second kappa shape index (κ2) is 6.84. The molecule has 0 bridgehead atoms. The summed E-state index contributed by atoms with van der Waals surface area (Å²) in [6, 6.07) is 13.0. The van der Waals surface area contributed by atoms with E-state index in [4.69, 9.17) is 9.47 Å². The zero-order chi connectivity index (χ0) is 18.0. The van der Waals surface area contributed by atoms with Crippen LogP contribution in [0.5, 0.6) is 11.5 Å². The van der Waals surface area contributed by atoms with Crippen molar-refractivity contribution in [1.29, 1.82) is 0 Å². The summed E-state index contributed by atoms with van der Waals surface area (Å²) < 4.78 is 12.8. The molecule has 6 heteroatoms. The van der Waals surface area contributed by atoms with Crippen LogP contribution in [0.3, 0.4) is 0 Å². The maximum atomic E-state index is 11.3. The highest BCUT2D eigenvalue weighted by Gasteiger charge is 2.17. The lowest BCUT2D eigenvalue weighted by molar-refractivity contribution is -0.137. The van der Waals surface area contributed by atoms with Crippen LogP contribution in [0.4, 0.5) is 0 Å². The number of carboxylic acid groups (broad SMARTS) is 1. The van der Waals surface area contributed by atoms with E-state index in [0.29, 0.717) is 17.3 Å². The van der Waals surface area contributed by atoms with Crippen LogP contribution < -0.4 is 9.47 Å². The number of aliphatic carboxylic acids is 1. The smallest absolute Gasteiger partial charge is 0.323 e. The van der Waals surface area contributed by atoms with Crippen molar-refractivity contribution in [2.75, 3.05) is 7.11 Å². The summed E-state index contributed by atoms with van der Waals surface area (Å²) >= 11 is 0. The van der Waals surface area contributed by atoms with Crippen LogP contribution in [0.1, 0.15) is 13.8 Å². The van der Waals surface area contributed by atoms with Crippen LogP contribution in [-0.2, 0) is 11.3 Å². The summed E-state index contributed by atoms with van der Waals surface area (Å²) in [4.78, 5) is 15.9. The van der Waals surface area contributed by atoms with Crippen LogP contribution >= 0.6 is 0 Å². The zero-order valence-corrected chi connectivity index (χ0v) is 14.4. The molecule has 6 nitrogen and oxygen atoms in total. The molecule has 0 fully saturated rings. The zero-order valence-electron chi connectivity index (χ0n) is 14.4. The van der Waals surface area contributed by atoms with Crippen LogP contribution in [0, 0.1) is 0 Å². The second-order valence-corrected chi connectivity index (χ2v) is 5.94. The van der Waals surface area contributed by atoms with Crippen LogP contribution in [-0.4, -0.2) is 33.8 Å². The molecule has 2 aromatic carbocycles. The Kier molecular flexibility index (Phi) is 4.61. The highest BCUT2D eigenvalue weighted by Crippen LogP contribution is 2.34. The second-order valence-electron chi connectivity index (χ2n) is 5.94. The summed E-state index contributed by atoms with van der Waals surface area (Å²) in [5.74, 6) is 0.886. The van der Waals surface area contributed by atoms with Gasteiger partial charge in [-0.3, -0.25) is 4.79 Å². The average Bonchev–Trinajstić information content (AvgIpc) is 2.93. The van der Waals surface area contributed by atoms with Crippen molar-refractivity contribution < 1.29 is 19.4 Å². The fourth-order valence-corrected chi connectivity index (χ4v) is 2.75. The number of nitrogens with zero attached hydrogens (tertiary/aromatic N) is 2. The highest BCUT2D eigenvalue weighted by atomic mass is 16.5. The van der Waals surface area contributed by atoms with E-state index in [-0.39, 0.29) is 12.6 Å². The molecule has 0 atom stereocenters. The quantitative estimate of drug-likeness (QED) is 0.742. The van der Waals surface area contributed by atoms with Gasteiger partial charge < -0.3 is 19.1 Å². The lowest BCUT2D eigenvalue weighted by atomic mass is 10.2.